The lowest BCUT2D eigenvalue weighted by atomic mass is 10.2. The molecule has 2 N–H and O–H groups in total. The van der Waals surface area contributed by atoms with Gasteiger partial charge in [-0.3, -0.25) is 4.99 Å². The van der Waals surface area contributed by atoms with Crippen molar-refractivity contribution in [1.29, 1.82) is 0 Å². The quantitative estimate of drug-likeness (QED) is 0.465. The first-order valence-corrected chi connectivity index (χ1v) is 10.5. The van der Waals surface area contributed by atoms with Crippen LogP contribution in [-0.4, -0.2) is 54.6 Å². The number of nitrogens with zero attached hydrogens (tertiary/aromatic N) is 3. The van der Waals surface area contributed by atoms with Gasteiger partial charge in [-0.1, -0.05) is 13.8 Å². The summed E-state index contributed by atoms with van der Waals surface area (Å²) in [4.78, 5) is 13.1. The molecule has 0 saturated carbocycles. The zero-order valence-electron chi connectivity index (χ0n) is 17.0. The van der Waals surface area contributed by atoms with Crippen molar-refractivity contribution in [1.82, 2.24) is 20.5 Å². The Labute approximate surface area is 158 Å². The summed E-state index contributed by atoms with van der Waals surface area (Å²) in [5.41, 5.74) is 1.15. The van der Waals surface area contributed by atoms with Gasteiger partial charge in [-0.15, -0.1) is 11.3 Å². The normalized spacial score (nSPS) is 13.3. The second-order valence-electron chi connectivity index (χ2n) is 6.47. The standard InChI is InChI=1S/C19H37N5S/c1-7-20-19(21-13-12-18-16(5)23-17(6)25-18)22-15(4)11-10-14-24(8-2)9-3/h15H,7-14H2,1-6H3,(H2,20,21,22). The van der Waals surface area contributed by atoms with Gasteiger partial charge in [0.2, 0.25) is 0 Å². The third-order valence-electron chi connectivity index (χ3n) is 4.34. The second-order valence-corrected chi connectivity index (χ2v) is 7.75. The van der Waals surface area contributed by atoms with E-state index in [9.17, 15) is 0 Å². The molecule has 0 bridgehead atoms. The maximum Gasteiger partial charge on any atom is 0.191 e. The predicted molar refractivity (Wildman–Crippen MR) is 111 cm³/mol. The van der Waals surface area contributed by atoms with Crippen molar-refractivity contribution in [3.05, 3.63) is 15.6 Å². The SMILES string of the molecule is CCNC(=NCCc1sc(C)nc1C)NC(C)CCCN(CC)CC. The molecule has 0 amide bonds. The van der Waals surface area contributed by atoms with Gasteiger partial charge in [0, 0.05) is 30.4 Å². The Morgan fingerprint density at radius 1 is 1.24 bits per heavy atom. The number of aliphatic imine (C=N–C) groups is 1. The summed E-state index contributed by atoms with van der Waals surface area (Å²) in [7, 11) is 0. The molecule has 1 rings (SSSR count). The number of thiazole rings is 1. The molecule has 0 spiro atoms. The van der Waals surface area contributed by atoms with Gasteiger partial charge in [0.25, 0.3) is 0 Å². The van der Waals surface area contributed by atoms with E-state index in [-0.39, 0.29) is 0 Å². The Morgan fingerprint density at radius 3 is 2.52 bits per heavy atom. The van der Waals surface area contributed by atoms with E-state index in [2.05, 4.69) is 62.1 Å². The highest BCUT2D eigenvalue weighted by atomic mass is 32.1. The number of aromatic nitrogens is 1. The molecule has 0 aromatic carbocycles. The summed E-state index contributed by atoms with van der Waals surface area (Å²) in [6.45, 7) is 18.1. The van der Waals surface area contributed by atoms with Gasteiger partial charge in [-0.2, -0.15) is 0 Å². The average Bonchev–Trinajstić information content (AvgIpc) is 2.89. The molecule has 5 nitrogen and oxygen atoms in total. The topological polar surface area (TPSA) is 52.6 Å². The molecule has 144 valence electrons. The monoisotopic (exact) mass is 367 g/mol. The summed E-state index contributed by atoms with van der Waals surface area (Å²) in [5, 5.41) is 8.04. The van der Waals surface area contributed by atoms with Crippen LogP contribution in [-0.2, 0) is 6.42 Å². The fraction of sp³-hybridized carbons (Fsp3) is 0.789. The molecule has 25 heavy (non-hydrogen) atoms. The lowest BCUT2D eigenvalue weighted by molar-refractivity contribution is 0.292. The molecule has 0 saturated heterocycles. The zero-order valence-corrected chi connectivity index (χ0v) is 17.8. The van der Waals surface area contributed by atoms with Crippen LogP contribution in [0.1, 0.15) is 56.1 Å². The molecular weight excluding hydrogens is 330 g/mol. The Balaban J connectivity index is 2.42. The number of guanidine groups is 1. The van der Waals surface area contributed by atoms with Crippen LogP contribution >= 0.6 is 11.3 Å². The third-order valence-corrected chi connectivity index (χ3v) is 5.47. The van der Waals surface area contributed by atoms with E-state index in [1.165, 1.54) is 17.8 Å². The van der Waals surface area contributed by atoms with Crippen LogP contribution < -0.4 is 10.6 Å². The van der Waals surface area contributed by atoms with Gasteiger partial charge in [-0.25, -0.2) is 4.98 Å². The van der Waals surface area contributed by atoms with Crippen LogP contribution in [0, 0.1) is 13.8 Å². The van der Waals surface area contributed by atoms with Crippen molar-refractivity contribution in [3.63, 3.8) is 0 Å². The largest absolute Gasteiger partial charge is 0.357 e. The molecule has 1 unspecified atom stereocenters. The van der Waals surface area contributed by atoms with Gasteiger partial charge < -0.3 is 15.5 Å². The van der Waals surface area contributed by atoms with Crippen LogP contribution in [0.25, 0.3) is 0 Å². The molecule has 6 heteroatoms. The van der Waals surface area contributed by atoms with Crippen LogP contribution in [0.4, 0.5) is 0 Å². The highest BCUT2D eigenvalue weighted by Gasteiger charge is 2.08. The maximum atomic E-state index is 4.74. The average molecular weight is 368 g/mol. The number of nitrogens with one attached hydrogen (secondary N) is 2. The van der Waals surface area contributed by atoms with E-state index in [1.807, 2.05) is 0 Å². The Hall–Kier alpha value is -1.14. The molecule has 1 aromatic heterocycles. The smallest absolute Gasteiger partial charge is 0.191 e. The summed E-state index contributed by atoms with van der Waals surface area (Å²) in [6.07, 6.45) is 3.34. The highest BCUT2D eigenvalue weighted by Crippen LogP contribution is 2.17. The Morgan fingerprint density at radius 2 is 1.96 bits per heavy atom. The van der Waals surface area contributed by atoms with E-state index in [0.717, 1.165) is 55.7 Å². The van der Waals surface area contributed by atoms with Gasteiger partial charge >= 0.3 is 0 Å². The summed E-state index contributed by atoms with van der Waals surface area (Å²) >= 11 is 1.79. The van der Waals surface area contributed by atoms with Gasteiger partial charge in [-0.05, 0) is 60.2 Å². The van der Waals surface area contributed by atoms with Crippen molar-refractivity contribution in [3.8, 4) is 0 Å². The fourth-order valence-electron chi connectivity index (χ4n) is 2.86. The molecule has 0 radical (unpaired) electrons. The van der Waals surface area contributed by atoms with Gasteiger partial charge in [0.05, 0.1) is 10.7 Å². The predicted octanol–water partition coefficient (Wildman–Crippen LogP) is 3.37. The number of hydrogen-bond donors (Lipinski definition) is 2. The van der Waals surface area contributed by atoms with E-state index in [0.29, 0.717) is 6.04 Å². The van der Waals surface area contributed by atoms with E-state index in [1.54, 1.807) is 11.3 Å². The van der Waals surface area contributed by atoms with Crippen LogP contribution in [0.3, 0.4) is 0 Å². The van der Waals surface area contributed by atoms with Crippen molar-refractivity contribution in [2.75, 3.05) is 32.7 Å². The lowest BCUT2D eigenvalue weighted by Crippen LogP contribution is -2.42. The van der Waals surface area contributed by atoms with Crippen LogP contribution in [0.15, 0.2) is 4.99 Å². The second kappa shape index (κ2) is 12.3. The third kappa shape index (κ3) is 8.68. The highest BCUT2D eigenvalue weighted by molar-refractivity contribution is 7.11. The molecule has 1 aromatic rings. The van der Waals surface area contributed by atoms with Crippen molar-refractivity contribution in [2.45, 2.75) is 66.8 Å². The molecule has 0 aliphatic heterocycles. The minimum absolute atomic E-state index is 0.431. The number of aryl methyl sites for hydroxylation is 2. The van der Waals surface area contributed by atoms with E-state index in [4.69, 9.17) is 4.99 Å². The molecule has 1 atom stereocenters. The van der Waals surface area contributed by atoms with Crippen molar-refractivity contribution in [2.24, 2.45) is 4.99 Å². The number of rotatable bonds is 11. The fourth-order valence-corrected chi connectivity index (χ4v) is 3.79. The first-order valence-electron chi connectivity index (χ1n) is 9.70. The molecule has 1 heterocycles. The summed E-state index contributed by atoms with van der Waals surface area (Å²) < 4.78 is 0. The van der Waals surface area contributed by atoms with Gasteiger partial charge in [0.15, 0.2) is 5.96 Å². The minimum Gasteiger partial charge on any atom is -0.357 e. The minimum atomic E-state index is 0.431. The zero-order chi connectivity index (χ0) is 18.7. The summed E-state index contributed by atoms with van der Waals surface area (Å²) in [5.74, 6) is 0.928. The first-order chi connectivity index (χ1) is 12.0. The Bertz CT molecular complexity index is 508. The lowest BCUT2D eigenvalue weighted by Gasteiger charge is -2.21. The molecular formula is C19H37N5S. The van der Waals surface area contributed by atoms with Gasteiger partial charge in [0.1, 0.15) is 0 Å². The molecule has 0 aliphatic rings. The van der Waals surface area contributed by atoms with E-state index >= 15 is 0 Å². The maximum absolute atomic E-state index is 4.74. The summed E-state index contributed by atoms with van der Waals surface area (Å²) in [6, 6.07) is 0.431. The van der Waals surface area contributed by atoms with Crippen LogP contribution in [0.5, 0.6) is 0 Å². The number of hydrogen-bond acceptors (Lipinski definition) is 4. The molecule has 0 fully saturated rings. The van der Waals surface area contributed by atoms with Crippen molar-refractivity contribution < 1.29 is 0 Å². The molecule has 0 aliphatic carbocycles. The van der Waals surface area contributed by atoms with Crippen LogP contribution in [0.2, 0.25) is 0 Å². The van der Waals surface area contributed by atoms with Crippen molar-refractivity contribution >= 4 is 17.3 Å². The Kier molecular flexibility index (Phi) is 10.7. The first kappa shape index (κ1) is 21.9. The van der Waals surface area contributed by atoms with E-state index < -0.39 is 0 Å².